The summed E-state index contributed by atoms with van der Waals surface area (Å²) in [5, 5.41) is 1.93. The first kappa shape index (κ1) is 9.96. The van der Waals surface area contributed by atoms with Gasteiger partial charge in [-0.1, -0.05) is 19.8 Å². The molecule has 0 spiro atoms. The van der Waals surface area contributed by atoms with Crippen molar-refractivity contribution in [1.29, 1.82) is 0 Å². The van der Waals surface area contributed by atoms with Crippen LogP contribution in [0.25, 0.3) is 0 Å². The summed E-state index contributed by atoms with van der Waals surface area (Å²) < 4.78 is 0. The Morgan fingerprint density at radius 3 is 2.75 bits per heavy atom. The second kappa shape index (κ2) is 4.80. The van der Waals surface area contributed by atoms with Crippen LogP contribution in [0.4, 0.5) is 0 Å². The molecular weight excluding hydrogens is 150 g/mol. The number of nitrogens with two attached hydrogens (primary N) is 2. The van der Waals surface area contributed by atoms with Gasteiger partial charge in [-0.2, -0.15) is 0 Å². The first-order chi connectivity index (χ1) is 5.74. The summed E-state index contributed by atoms with van der Waals surface area (Å²) in [5.74, 6) is 5.86. The molecule has 12 heavy (non-hydrogen) atoms. The molecule has 0 aliphatic carbocycles. The van der Waals surface area contributed by atoms with Crippen molar-refractivity contribution in [2.24, 2.45) is 11.6 Å². The van der Waals surface area contributed by atoms with Crippen molar-refractivity contribution >= 4 is 0 Å². The lowest BCUT2D eigenvalue weighted by Gasteiger charge is -2.35. The first-order valence-electron chi connectivity index (χ1n) is 5.01. The maximum Gasteiger partial charge on any atom is 0.0283 e. The highest BCUT2D eigenvalue weighted by atomic mass is 15.4. The minimum Gasteiger partial charge on any atom is -0.326 e. The predicted molar refractivity (Wildman–Crippen MR) is 51.4 cm³/mol. The third-order valence-corrected chi connectivity index (χ3v) is 2.68. The number of rotatable bonds is 3. The van der Waals surface area contributed by atoms with Crippen LogP contribution in [0.1, 0.15) is 39.0 Å². The molecule has 72 valence electrons. The number of nitrogens with zero attached hydrogens (tertiary/aromatic N) is 1. The van der Waals surface area contributed by atoms with E-state index in [9.17, 15) is 0 Å². The van der Waals surface area contributed by atoms with Crippen molar-refractivity contribution in [3.8, 4) is 0 Å². The number of unbranched alkanes of at least 4 members (excludes halogenated alkanes) is 1. The van der Waals surface area contributed by atoms with Crippen LogP contribution in [0.3, 0.4) is 0 Å². The summed E-state index contributed by atoms with van der Waals surface area (Å²) in [5.41, 5.74) is 5.79. The minimum atomic E-state index is 0.299. The summed E-state index contributed by atoms with van der Waals surface area (Å²) in [7, 11) is 0. The zero-order chi connectivity index (χ0) is 8.97. The molecule has 3 nitrogen and oxygen atoms in total. The van der Waals surface area contributed by atoms with Gasteiger partial charge in [0.1, 0.15) is 0 Å². The molecule has 1 heterocycles. The smallest absolute Gasteiger partial charge is 0.0283 e. The van der Waals surface area contributed by atoms with Gasteiger partial charge in [-0.05, 0) is 19.3 Å². The lowest BCUT2D eigenvalue weighted by atomic mass is 9.96. The van der Waals surface area contributed by atoms with Crippen LogP contribution >= 0.6 is 0 Å². The molecule has 0 aromatic heterocycles. The van der Waals surface area contributed by atoms with Crippen molar-refractivity contribution in [2.45, 2.75) is 51.1 Å². The molecule has 3 heteroatoms. The van der Waals surface area contributed by atoms with Crippen molar-refractivity contribution in [1.82, 2.24) is 5.01 Å². The summed E-state index contributed by atoms with van der Waals surface area (Å²) in [4.78, 5) is 0. The van der Waals surface area contributed by atoms with E-state index in [2.05, 4.69) is 6.92 Å². The second-order valence-electron chi connectivity index (χ2n) is 3.83. The van der Waals surface area contributed by atoms with E-state index in [1.807, 2.05) is 5.01 Å². The third-order valence-electron chi connectivity index (χ3n) is 2.68. The van der Waals surface area contributed by atoms with E-state index in [4.69, 9.17) is 11.6 Å². The van der Waals surface area contributed by atoms with Crippen LogP contribution in [0.15, 0.2) is 0 Å². The lowest BCUT2D eigenvalue weighted by Crippen LogP contribution is -2.52. The van der Waals surface area contributed by atoms with Crippen LogP contribution in [0.2, 0.25) is 0 Å². The quantitative estimate of drug-likeness (QED) is 0.619. The maximum absolute atomic E-state index is 5.86. The molecule has 0 saturated carbocycles. The largest absolute Gasteiger partial charge is 0.326 e. The zero-order valence-electron chi connectivity index (χ0n) is 8.00. The fourth-order valence-electron chi connectivity index (χ4n) is 1.83. The molecule has 4 N–H and O–H groups in total. The molecule has 1 saturated heterocycles. The Bertz CT molecular complexity index is 125. The van der Waals surface area contributed by atoms with Crippen LogP contribution in [-0.4, -0.2) is 23.6 Å². The monoisotopic (exact) mass is 171 g/mol. The number of piperidine rings is 1. The highest BCUT2D eigenvalue weighted by molar-refractivity contribution is 4.79. The fraction of sp³-hybridized carbons (Fsp3) is 1.00. The highest BCUT2D eigenvalue weighted by Crippen LogP contribution is 2.17. The van der Waals surface area contributed by atoms with Gasteiger partial charge in [-0.15, -0.1) is 0 Å². The standard InChI is InChI=1S/C9H21N3/c1-2-3-4-9-6-5-8(10)7-12(9)11/h8-9H,2-7,10-11H2,1H3. The molecule has 1 rings (SSSR count). The van der Waals surface area contributed by atoms with E-state index in [1.165, 1.54) is 25.7 Å². The molecule has 1 aliphatic heterocycles. The SMILES string of the molecule is CCCCC1CCC(N)CN1N. The third kappa shape index (κ3) is 2.73. The van der Waals surface area contributed by atoms with Crippen LogP contribution < -0.4 is 11.6 Å². The Hall–Kier alpha value is -0.120. The Balaban J connectivity index is 2.25. The second-order valence-corrected chi connectivity index (χ2v) is 3.83. The minimum absolute atomic E-state index is 0.299. The van der Waals surface area contributed by atoms with E-state index in [0.29, 0.717) is 12.1 Å². The van der Waals surface area contributed by atoms with Gasteiger partial charge < -0.3 is 5.73 Å². The van der Waals surface area contributed by atoms with E-state index < -0.39 is 0 Å². The van der Waals surface area contributed by atoms with Gasteiger partial charge in [0.25, 0.3) is 0 Å². The van der Waals surface area contributed by atoms with E-state index in [-0.39, 0.29) is 0 Å². The van der Waals surface area contributed by atoms with Crippen LogP contribution in [0.5, 0.6) is 0 Å². The van der Waals surface area contributed by atoms with Crippen molar-refractivity contribution in [2.75, 3.05) is 6.54 Å². The Morgan fingerprint density at radius 1 is 1.42 bits per heavy atom. The van der Waals surface area contributed by atoms with Gasteiger partial charge in [-0.3, -0.25) is 5.84 Å². The Labute approximate surface area is 75.1 Å². The molecule has 0 bridgehead atoms. The molecule has 2 atom stereocenters. The lowest BCUT2D eigenvalue weighted by molar-refractivity contribution is 0.126. The number of hydrogen-bond acceptors (Lipinski definition) is 3. The van der Waals surface area contributed by atoms with Gasteiger partial charge in [0.05, 0.1) is 0 Å². The summed E-state index contributed by atoms with van der Waals surface area (Å²) in [6, 6.07) is 0.887. The molecule has 0 aromatic carbocycles. The topological polar surface area (TPSA) is 55.3 Å². The van der Waals surface area contributed by atoms with Crippen LogP contribution in [0, 0.1) is 0 Å². The molecule has 2 unspecified atom stereocenters. The van der Waals surface area contributed by atoms with Gasteiger partial charge in [0.15, 0.2) is 0 Å². The van der Waals surface area contributed by atoms with E-state index in [1.54, 1.807) is 0 Å². The predicted octanol–water partition coefficient (Wildman–Crippen LogP) is 0.842. The molecular formula is C9H21N3. The number of hydrazine groups is 1. The Morgan fingerprint density at radius 2 is 2.17 bits per heavy atom. The van der Waals surface area contributed by atoms with E-state index in [0.717, 1.165) is 13.0 Å². The molecule has 0 amide bonds. The highest BCUT2D eigenvalue weighted by Gasteiger charge is 2.22. The summed E-state index contributed by atoms with van der Waals surface area (Å²) in [6.45, 7) is 3.09. The van der Waals surface area contributed by atoms with Crippen LogP contribution in [-0.2, 0) is 0 Å². The fourth-order valence-corrected chi connectivity index (χ4v) is 1.83. The molecule has 0 radical (unpaired) electrons. The van der Waals surface area contributed by atoms with Crippen molar-refractivity contribution < 1.29 is 0 Å². The van der Waals surface area contributed by atoms with Crippen molar-refractivity contribution in [3.05, 3.63) is 0 Å². The number of hydrogen-bond donors (Lipinski definition) is 2. The van der Waals surface area contributed by atoms with Gasteiger partial charge in [0.2, 0.25) is 0 Å². The first-order valence-corrected chi connectivity index (χ1v) is 5.01. The average molecular weight is 171 g/mol. The zero-order valence-corrected chi connectivity index (χ0v) is 8.00. The van der Waals surface area contributed by atoms with Gasteiger partial charge in [-0.25, -0.2) is 5.01 Å². The summed E-state index contributed by atoms with van der Waals surface area (Å²) >= 11 is 0. The van der Waals surface area contributed by atoms with Crippen molar-refractivity contribution in [3.63, 3.8) is 0 Å². The molecule has 1 fully saturated rings. The summed E-state index contributed by atoms with van der Waals surface area (Å²) in [6.07, 6.45) is 6.10. The molecule has 1 aliphatic rings. The average Bonchev–Trinajstić information content (AvgIpc) is 2.03. The van der Waals surface area contributed by atoms with Gasteiger partial charge >= 0.3 is 0 Å². The van der Waals surface area contributed by atoms with E-state index >= 15 is 0 Å². The normalized spacial score (nSPS) is 32.2. The maximum atomic E-state index is 5.86. The Kier molecular flexibility index (Phi) is 3.98. The molecule has 0 aromatic rings. The van der Waals surface area contributed by atoms with Gasteiger partial charge in [0, 0.05) is 18.6 Å².